The normalized spacial score (nSPS) is 18.3. The van der Waals surface area contributed by atoms with E-state index in [2.05, 4.69) is 0 Å². The smallest absolute Gasteiger partial charge is 0.242 e. The van der Waals surface area contributed by atoms with Crippen LogP contribution in [0, 0.1) is 0 Å². The van der Waals surface area contributed by atoms with E-state index < -0.39 is 0 Å². The van der Waals surface area contributed by atoms with Crippen LogP contribution < -0.4 is 0 Å². The molecule has 0 radical (unpaired) electrons. The molecule has 0 aliphatic carbocycles. The number of nitrogens with zero attached hydrogens (tertiary/aromatic N) is 2. The number of amides is 2. The molecule has 1 saturated heterocycles. The van der Waals surface area contributed by atoms with Crippen LogP contribution in [0.15, 0.2) is 0 Å². The summed E-state index contributed by atoms with van der Waals surface area (Å²) >= 11 is 5.50. The molecule has 0 saturated carbocycles. The Hall–Kier alpha value is -0.770. The molecule has 1 fully saturated rings. The van der Waals surface area contributed by atoms with E-state index in [1.165, 1.54) is 4.90 Å². The standard InChI is InChI=1S/C8H13ClN2O2/c1-2-10-5-8(13)11(4-3-9)6-7(10)12/h2-6H2,1H3. The molecule has 1 aliphatic rings. The fraction of sp³-hybridized carbons (Fsp3) is 0.750. The third kappa shape index (κ3) is 2.34. The van der Waals surface area contributed by atoms with Gasteiger partial charge in [0.05, 0.1) is 13.1 Å². The summed E-state index contributed by atoms with van der Waals surface area (Å²) < 4.78 is 0. The highest BCUT2D eigenvalue weighted by atomic mass is 35.5. The molecule has 1 rings (SSSR count). The van der Waals surface area contributed by atoms with E-state index in [0.29, 0.717) is 19.0 Å². The summed E-state index contributed by atoms with van der Waals surface area (Å²) in [5, 5.41) is 0. The van der Waals surface area contributed by atoms with E-state index in [0.717, 1.165) is 0 Å². The molecule has 13 heavy (non-hydrogen) atoms. The van der Waals surface area contributed by atoms with Crippen LogP contribution in [0.3, 0.4) is 0 Å². The molecule has 1 heterocycles. The highest BCUT2D eigenvalue weighted by Crippen LogP contribution is 2.04. The van der Waals surface area contributed by atoms with Crippen LogP contribution in [0.1, 0.15) is 6.92 Å². The highest BCUT2D eigenvalue weighted by molar-refractivity contribution is 6.18. The first kappa shape index (κ1) is 10.3. The zero-order valence-electron chi connectivity index (χ0n) is 7.62. The van der Waals surface area contributed by atoms with Crippen LogP contribution in [0.25, 0.3) is 0 Å². The van der Waals surface area contributed by atoms with E-state index in [9.17, 15) is 9.59 Å². The van der Waals surface area contributed by atoms with Crippen LogP contribution in [0.4, 0.5) is 0 Å². The molecule has 0 unspecified atom stereocenters. The molecule has 2 amide bonds. The lowest BCUT2D eigenvalue weighted by molar-refractivity contribution is -0.149. The largest absolute Gasteiger partial charge is 0.332 e. The Balaban J connectivity index is 2.56. The number of carbonyl (C=O) groups excluding carboxylic acids is 2. The second-order valence-electron chi connectivity index (χ2n) is 2.91. The minimum Gasteiger partial charge on any atom is -0.332 e. The third-order valence-corrected chi connectivity index (χ3v) is 2.26. The van der Waals surface area contributed by atoms with Crippen molar-refractivity contribution in [1.29, 1.82) is 0 Å². The summed E-state index contributed by atoms with van der Waals surface area (Å²) in [4.78, 5) is 25.8. The van der Waals surface area contributed by atoms with Crippen molar-refractivity contribution >= 4 is 23.4 Å². The van der Waals surface area contributed by atoms with Crippen molar-refractivity contribution in [3.05, 3.63) is 0 Å². The first-order valence-corrected chi connectivity index (χ1v) is 4.84. The van der Waals surface area contributed by atoms with Crippen molar-refractivity contribution < 1.29 is 9.59 Å². The van der Waals surface area contributed by atoms with Crippen molar-refractivity contribution in [2.45, 2.75) is 6.92 Å². The van der Waals surface area contributed by atoms with Gasteiger partial charge in [-0.3, -0.25) is 9.59 Å². The average Bonchev–Trinajstić information content (AvgIpc) is 2.11. The lowest BCUT2D eigenvalue weighted by atomic mass is 10.3. The fourth-order valence-electron chi connectivity index (χ4n) is 1.30. The van der Waals surface area contributed by atoms with Gasteiger partial charge in [-0.1, -0.05) is 0 Å². The summed E-state index contributed by atoms with van der Waals surface area (Å²) in [5.74, 6) is 0.375. The molecule has 0 spiro atoms. The molecular formula is C8H13ClN2O2. The van der Waals surface area contributed by atoms with E-state index >= 15 is 0 Å². The number of hydrogen-bond acceptors (Lipinski definition) is 2. The molecule has 74 valence electrons. The average molecular weight is 205 g/mol. The molecule has 0 aromatic heterocycles. The number of halogens is 1. The minimum atomic E-state index is -0.0119. The van der Waals surface area contributed by atoms with Gasteiger partial charge in [-0.2, -0.15) is 0 Å². The second kappa shape index (κ2) is 4.46. The Morgan fingerprint density at radius 2 is 1.77 bits per heavy atom. The summed E-state index contributed by atoms with van der Waals surface area (Å²) in [5.41, 5.74) is 0. The topological polar surface area (TPSA) is 40.6 Å². The Morgan fingerprint density at radius 1 is 1.23 bits per heavy atom. The summed E-state index contributed by atoms with van der Waals surface area (Å²) in [6.45, 7) is 3.30. The number of rotatable bonds is 3. The Kier molecular flexibility index (Phi) is 3.54. The maximum atomic E-state index is 11.4. The quantitative estimate of drug-likeness (QED) is 0.604. The molecule has 0 N–H and O–H groups in total. The van der Waals surface area contributed by atoms with Gasteiger partial charge in [0, 0.05) is 19.0 Å². The van der Waals surface area contributed by atoms with Crippen molar-refractivity contribution in [2.24, 2.45) is 0 Å². The van der Waals surface area contributed by atoms with Gasteiger partial charge in [0.15, 0.2) is 0 Å². The number of alkyl halides is 1. The van der Waals surface area contributed by atoms with Crippen molar-refractivity contribution in [3.63, 3.8) is 0 Å². The van der Waals surface area contributed by atoms with Gasteiger partial charge in [0.25, 0.3) is 0 Å². The van der Waals surface area contributed by atoms with Gasteiger partial charge in [-0.25, -0.2) is 0 Å². The van der Waals surface area contributed by atoms with Crippen molar-refractivity contribution in [1.82, 2.24) is 9.80 Å². The zero-order chi connectivity index (χ0) is 9.84. The second-order valence-corrected chi connectivity index (χ2v) is 3.29. The Labute approximate surface area is 82.4 Å². The number of hydrogen-bond donors (Lipinski definition) is 0. The Bertz CT molecular complexity index is 220. The van der Waals surface area contributed by atoms with Crippen molar-refractivity contribution in [2.75, 3.05) is 32.1 Å². The van der Waals surface area contributed by atoms with Gasteiger partial charge in [-0.05, 0) is 6.92 Å². The molecule has 4 nitrogen and oxygen atoms in total. The van der Waals surface area contributed by atoms with E-state index in [1.54, 1.807) is 4.90 Å². The van der Waals surface area contributed by atoms with Crippen LogP contribution >= 0.6 is 11.6 Å². The maximum Gasteiger partial charge on any atom is 0.242 e. The monoisotopic (exact) mass is 204 g/mol. The molecule has 0 aromatic rings. The number of carbonyl (C=O) groups is 2. The summed E-state index contributed by atoms with van der Waals surface area (Å²) in [6.07, 6.45) is 0. The van der Waals surface area contributed by atoms with E-state index in [-0.39, 0.29) is 24.9 Å². The first-order chi connectivity index (χ1) is 6.19. The van der Waals surface area contributed by atoms with Crippen LogP contribution in [-0.2, 0) is 9.59 Å². The first-order valence-electron chi connectivity index (χ1n) is 4.30. The SMILES string of the molecule is CCN1CC(=O)N(CCCl)CC1=O. The number of piperazine rings is 1. The predicted octanol–water partition coefficient (Wildman–Crippen LogP) is -0.0841. The molecule has 5 heteroatoms. The van der Waals surface area contributed by atoms with Gasteiger partial charge >= 0.3 is 0 Å². The maximum absolute atomic E-state index is 11.4. The molecular weight excluding hydrogens is 192 g/mol. The van der Waals surface area contributed by atoms with Gasteiger partial charge in [-0.15, -0.1) is 11.6 Å². The van der Waals surface area contributed by atoms with Crippen LogP contribution in [0.5, 0.6) is 0 Å². The lowest BCUT2D eigenvalue weighted by Gasteiger charge is -2.32. The van der Waals surface area contributed by atoms with E-state index in [1.807, 2.05) is 6.92 Å². The molecule has 0 aromatic carbocycles. The zero-order valence-corrected chi connectivity index (χ0v) is 8.38. The van der Waals surface area contributed by atoms with Crippen molar-refractivity contribution in [3.8, 4) is 0 Å². The Morgan fingerprint density at radius 3 is 2.31 bits per heavy atom. The number of likely N-dealkylation sites (N-methyl/N-ethyl adjacent to an activating group) is 1. The van der Waals surface area contributed by atoms with E-state index in [4.69, 9.17) is 11.6 Å². The third-order valence-electron chi connectivity index (χ3n) is 2.09. The predicted molar refractivity (Wildman–Crippen MR) is 49.6 cm³/mol. The molecule has 0 bridgehead atoms. The summed E-state index contributed by atoms with van der Waals surface area (Å²) in [7, 11) is 0. The lowest BCUT2D eigenvalue weighted by Crippen LogP contribution is -2.53. The fourth-order valence-corrected chi connectivity index (χ4v) is 1.50. The van der Waals surface area contributed by atoms with Gasteiger partial charge < -0.3 is 9.80 Å². The molecule has 1 aliphatic heterocycles. The van der Waals surface area contributed by atoms with Gasteiger partial charge in [0.2, 0.25) is 11.8 Å². The minimum absolute atomic E-state index is 0.00668. The van der Waals surface area contributed by atoms with Crippen LogP contribution in [-0.4, -0.2) is 53.7 Å². The van der Waals surface area contributed by atoms with Crippen LogP contribution in [0.2, 0.25) is 0 Å². The molecule has 0 atom stereocenters. The summed E-state index contributed by atoms with van der Waals surface area (Å²) in [6, 6.07) is 0. The van der Waals surface area contributed by atoms with Gasteiger partial charge in [0.1, 0.15) is 0 Å². The highest BCUT2D eigenvalue weighted by Gasteiger charge is 2.27.